The van der Waals surface area contributed by atoms with E-state index in [1.54, 1.807) is 13.3 Å². The van der Waals surface area contributed by atoms with Crippen LogP contribution in [-0.4, -0.2) is 34.9 Å². The van der Waals surface area contributed by atoms with Crippen LogP contribution in [0.4, 0.5) is 5.13 Å². The van der Waals surface area contributed by atoms with Crippen molar-refractivity contribution in [1.82, 2.24) is 15.2 Å². The highest BCUT2D eigenvalue weighted by Gasteiger charge is 2.10. The second kappa shape index (κ2) is 8.33. The number of methoxy groups -OCH3 is 1. The molecule has 2 aromatic heterocycles. The molecule has 0 aliphatic carbocycles. The molecule has 0 unspecified atom stereocenters. The van der Waals surface area contributed by atoms with E-state index in [0.29, 0.717) is 6.54 Å². The minimum atomic E-state index is -0.0346. The minimum Gasteiger partial charge on any atom is -0.497 e. The average Bonchev–Trinajstić information content (AvgIpc) is 3.21. The quantitative estimate of drug-likeness (QED) is 0.499. The molecule has 28 heavy (non-hydrogen) atoms. The van der Waals surface area contributed by atoms with Crippen LogP contribution in [0, 0.1) is 0 Å². The number of nitrogens with zero attached hydrogens (tertiary/aromatic N) is 3. The van der Waals surface area contributed by atoms with E-state index in [2.05, 4.69) is 38.7 Å². The summed E-state index contributed by atoms with van der Waals surface area (Å²) >= 11 is 1.52. The Balaban J connectivity index is 1.38. The first-order chi connectivity index (χ1) is 13.7. The number of ether oxygens (including phenoxy) is 1. The van der Waals surface area contributed by atoms with Crippen LogP contribution < -0.4 is 15.8 Å². The molecular weight excluding hydrogens is 370 g/mol. The second-order valence-corrected chi connectivity index (χ2v) is 7.52. The van der Waals surface area contributed by atoms with Crippen molar-refractivity contribution in [1.29, 1.82) is 0 Å². The Morgan fingerprint density at radius 2 is 2.04 bits per heavy atom. The fraction of sp³-hybridized carbons (Fsp3) is 0.190. The van der Waals surface area contributed by atoms with E-state index in [1.807, 2.05) is 36.5 Å². The van der Waals surface area contributed by atoms with Crippen molar-refractivity contribution in [2.75, 3.05) is 19.0 Å². The Labute approximate surface area is 167 Å². The normalized spacial score (nSPS) is 12.1. The number of anilines is 1. The molecule has 0 aliphatic heterocycles. The van der Waals surface area contributed by atoms with Gasteiger partial charge in [0.2, 0.25) is 5.13 Å². The molecule has 2 heterocycles. The SMILES string of the molecule is COc1cccc(C[C@@H](N)CNc2nnc(-c3ccc4cnccc4c3)s2)c1. The number of nitrogens with two attached hydrogens (primary N) is 1. The van der Waals surface area contributed by atoms with Crippen LogP contribution in [0.25, 0.3) is 21.3 Å². The van der Waals surface area contributed by atoms with Gasteiger partial charge in [0.25, 0.3) is 0 Å². The molecule has 0 amide bonds. The maximum absolute atomic E-state index is 6.27. The lowest BCUT2D eigenvalue weighted by Crippen LogP contribution is -2.31. The molecule has 0 fully saturated rings. The number of aromatic nitrogens is 3. The van der Waals surface area contributed by atoms with E-state index in [0.717, 1.165) is 44.2 Å². The van der Waals surface area contributed by atoms with Crippen LogP contribution in [0.3, 0.4) is 0 Å². The third-order valence-electron chi connectivity index (χ3n) is 4.46. The van der Waals surface area contributed by atoms with E-state index in [9.17, 15) is 0 Å². The summed E-state index contributed by atoms with van der Waals surface area (Å²) in [4.78, 5) is 4.15. The van der Waals surface area contributed by atoms with E-state index >= 15 is 0 Å². The number of rotatable bonds is 7. The van der Waals surface area contributed by atoms with Crippen LogP contribution in [0.2, 0.25) is 0 Å². The summed E-state index contributed by atoms with van der Waals surface area (Å²) in [6.45, 7) is 0.620. The van der Waals surface area contributed by atoms with Gasteiger partial charge in [-0.2, -0.15) is 0 Å². The molecule has 0 saturated heterocycles. The number of nitrogens with one attached hydrogen (secondary N) is 1. The standard InChI is InChI=1S/C21H21N5OS/c1-27-19-4-2-3-14(10-19)9-18(22)13-24-21-26-25-20(28-21)16-5-6-17-12-23-8-7-15(17)11-16/h2-8,10-12,18H,9,13,22H2,1H3,(H,24,26)/t18-/m1/s1. The zero-order chi connectivity index (χ0) is 19.3. The predicted molar refractivity (Wildman–Crippen MR) is 114 cm³/mol. The van der Waals surface area contributed by atoms with Gasteiger partial charge >= 0.3 is 0 Å². The topological polar surface area (TPSA) is 86.0 Å². The molecule has 6 nitrogen and oxygen atoms in total. The molecule has 0 spiro atoms. The van der Waals surface area contributed by atoms with Crippen molar-refractivity contribution < 1.29 is 4.74 Å². The first kappa shape index (κ1) is 18.3. The average molecular weight is 392 g/mol. The minimum absolute atomic E-state index is 0.0346. The maximum atomic E-state index is 6.27. The van der Waals surface area contributed by atoms with Gasteiger partial charge in [0.05, 0.1) is 7.11 Å². The molecule has 0 saturated carbocycles. The van der Waals surface area contributed by atoms with Gasteiger partial charge in [0.1, 0.15) is 10.8 Å². The van der Waals surface area contributed by atoms with Crippen molar-refractivity contribution in [3.05, 3.63) is 66.5 Å². The number of fused-ring (bicyclic) bond motifs is 1. The molecular formula is C21H21N5OS. The van der Waals surface area contributed by atoms with Crippen molar-refractivity contribution in [3.63, 3.8) is 0 Å². The van der Waals surface area contributed by atoms with Gasteiger partial charge in [0, 0.05) is 35.9 Å². The molecule has 3 N–H and O–H groups in total. The molecule has 1 atom stereocenters. The third-order valence-corrected chi connectivity index (χ3v) is 5.39. The van der Waals surface area contributed by atoms with E-state index in [-0.39, 0.29) is 6.04 Å². The predicted octanol–water partition coefficient (Wildman–Crippen LogP) is 3.74. The second-order valence-electron chi connectivity index (χ2n) is 6.55. The summed E-state index contributed by atoms with van der Waals surface area (Å²) in [7, 11) is 1.67. The van der Waals surface area contributed by atoms with Gasteiger partial charge < -0.3 is 15.8 Å². The van der Waals surface area contributed by atoms with Crippen LogP contribution in [0.15, 0.2) is 60.9 Å². The molecule has 2 aromatic carbocycles. The molecule has 0 aliphatic rings. The van der Waals surface area contributed by atoms with Gasteiger partial charge in [-0.3, -0.25) is 4.98 Å². The van der Waals surface area contributed by atoms with Crippen molar-refractivity contribution in [2.24, 2.45) is 5.73 Å². The number of hydrogen-bond acceptors (Lipinski definition) is 7. The highest BCUT2D eigenvalue weighted by molar-refractivity contribution is 7.18. The van der Waals surface area contributed by atoms with Gasteiger partial charge in [-0.25, -0.2) is 0 Å². The summed E-state index contributed by atoms with van der Waals surface area (Å²) in [5.41, 5.74) is 8.47. The van der Waals surface area contributed by atoms with E-state index < -0.39 is 0 Å². The molecule has 7 heteroatoms. The highest BCUT2D eigenvalue weighted by atomic mass is 32.1. The fourth-order valence-electron chi connectivity index (χ4n) is 3.02. The van der Waals surface area contributed by atoms with Crippen LogP contribution in [-0.2, 0) is 6.42 Å². The Kier molecular flexibility index (Phi) is 5.45. The largest absolute Gasteiger partial charge is 0.497 e. The zero-order valence-electron chi connectivity index (χ0n) is 15.5. The molecule has 4 rings (SSSR count). The van der Waals surface area contributed by atoms with Crippen LogP contribution in [0.5, 0.6) is 5.75 Å². The lowest BCUT2D eigenvalue weighted by atomic mass is 10.1. The summed E-state index contributed by atoms with van der Waals surface area (Å²) < 4.78 is 5.26. The monoisotopic (exact) mass is 391 g/mol. The lowest BCUT2D eigenvalue weighted by Gasteiger charge is -2.12. The highest BCUT2D eigenvalue weighted by Crippen LogP contribution is 2.28. The lowest BCUT2D eigenvalue weighted by molar-refractivity contribution is 0.414. The Hall–Kier alpha value is -3.03. The van der Waals surface area contributed by atoms with Crippen molar-refractivity contribution >= 4 is 27.2 Å². The molecule has 4 aromatic rings. The number of benzene rings is 2. The van der Waals surface area contributed by atoms with Gasteiger partial charge in [-0.15, -0.1) is 10.2 Å². The molecule has 142 valence electrons. The van der Waals surface area contributed by atoms with Crippen molar-refractivity contribution in [2.45, 2.75) is 12.5 Å². The van der Waals surface area contributed by atoms with E-state index in [4.69, 9.17) is 10.5 Å². The van der Waals surface area contributed by atoms with Crippen LogP contribution >= 0.6 is 11.3 Å². The third kappa shape index (κ3) is 4.27. The Morgan fingerprint density at radius 3 is 2.93 bits per heavy atom. The summed E-state index contributed by atoms with van der Waals surface area (Å²) in [5.74, 6) is 0.845. The number of pyridine rings is 1. The van der Waals surface area contributed by atoms with E-state index in [1.165, 1.54) is 11.3 Å². The molecule has 0 bridgehead atoms. The van der Waals surface area contributed by atoms with Crippen LogP contribution in [0.1, 0.15) is 5.56 Å². The smallest absolute Gasteiger partial charge is 0.206 e. The summed E-state index contributed by atoms with van der Waals surface area (Å²) in [6, 6.07) is 16.1. The Bertz CT molecular complexity index is 1080. The maximum Gasteiger partial charge on any atom is 0.206 e. The summed E-state index contributed by atoms with van der Waals surface area (Å²) in [5, 5.41) is 15.8. The van der Waals surface area contributed by atoms with Crippen molar-refractivity contribution in [3.8, 4) is 16.3 Å². The number of hydrogen-bond donors (Lipinski definition) is 2. The first-order valence-electron chi connectivity index (χ1n) is 9.01. The zero-order valence-corrected chi connectivity index (χ0v) is 16.3. The first-order valence-corrected chi connectivity index (χ1v) is 9.83. The Morgan fingerprint density at radius 1 is 1.11 bits per heavy atom. The van der Waals surface area contributed by atoms with Gasteiger partial charge in [-0.05, 0) is 41.6 Å². The van der Waals surface area contributed by atoms with Gasteiger partial charge in [-0.1, -0.05) is 35.6 Å². The van der Waals surface area contributed by atoms with Gasteiger partial charge in [0.15, 0.2) is 0 Å². The summed E-state index contributed by atoms with van der Waals surface area (Å²) in [6.07, 6.45) is 4.41. The molecule has 0 radical (unpaired) electrons. The fourth-order valence-corrected chi connectivity index (χ4v) is 3.77.